The molecule has 0 unspecified atom stereocenters. The van der Waals surface area contributed by atoms with Gasteiger partial charge < -0.3 is 10.0 Å². The first-order valence-electron chi connectivity index (χ1n) is 8.59. The van der Waals surface area contributed by atoms with E-state index in [-0.39, 0.29) is 6.61 Å². The van der Waals surface area contributed by atoms with E-state index in [4.69, 9.17) is 0 Å². The number of hydrogen-bond acceptors (Lipinski definition) is 3. The summed E-state index contributed by atoms with van der Waals surface area (Å²) in [6.45, 7) is 5.52. The van der Waals surface area contributed by atoms with Gasteiger partial charge in [-0.05, 0) is 29.5 Å². The zero-order valence-corrected chi connectivity index (χ0v) is 14.2. The van der Waals surface area contributed by atoms with Gasteiger partial charge in [-0.1, -0.05) is 31.2 Å². The molecule has 1 aromatic carbocycles. The molecule has 2 heterocycles. The minimum atomic E-state index is 0.252. The Morgan fingerprint density at radius 2 is 2.00 bits per heavy atom. The Bertz CT molecular complexity index is 637. The molecule has 0 aliphatic carbocycles. The molecule has 124 valence electrons. The fourth-order valence-corrected chi connectivity index (χ4v) is 3.76. The molecular formula is C19H27N3O. The van der Waals surface area contributed by atoms with Crippen LogP contribution in [0.25, 0.3) is 0 Å². The molecule has 0 amide bonds. The molecule has 23 heavy (non-hydrogen) atoms. The summed E-state index contributed by atoms with van der Waals surface area (Å²) >= 11 is 0. The van der Waals surface area contributed by atoms with Gasteiger partial charge in [-0.25, -0.2) is 0 Å². The van der Waals surface area contributed by atoms with Crippen LogP contribution >= 0.6 is 0 Å². The molecule has 1 aromatic heterocycles. The normalized spacial score (nSPS) is 21.9. The molecule has 0 bridgehead atoms. The standard InChI is InChI=1S/C19H27N3O/c1-3-15-6-4-5-7-16(15)8-9-22-12-18(14-23)19(13-22)17-10-20-21(2)11-17/h4-7,10-11,18-19,23H,3,8-9,12-14H2,1-2H3/t18-,19-/m0/s1. The Balaban J connectivity index is 1.63. The van der Waals surface area contributed by atoms with E-state index in [0.29, 0.717) is 11.8 Å². The second-order valence-corrected chi connectivity index (χ2v) is 6.63. The van der Waals surface area contributed by atoms with Crippen LogP contribution in [-0.4, -0.2) is 46.0 Å². The van der Waals surface area contributed by atoms with Crippen LogP contribution in [0.1, 0.15) is 29.5 Å². The summed E-state index contributed by atoms with van der Waals surface area (Å²) in [5.41, 5.74) is 4.16. The first kappa shape index (κ1) is 16.2. The van der Waals surface area contributed by atoms with Crippen LogP contribution in [0.4, 0.5) is 0 Å². The summed E-state index contributed by atoms with van der Waals surface area (Å²) in [5.74, 6) is 0.718. The fraction of sp³-hybridized carbons (Fsp3) is 0.526. The number of aryl methyl sites for hydroxylation is 2. The van der Waals surface area contributed by atoms with Crippen molar-refractivity contribution in [3.8, 4) is 0 Å². The average molecular weight is 313 g/mol. The maximum Gasteiger partial charge on any atom is 0.0525 e. The molecule has 2 aromatic rings. The van der Waals surface area contributed by atoms with E-state index in [1.165, 1.54) is 16.7 Å². The molecule has 4 heteroatoms. The summed E-state index contributed by atoms with van der Waals surface area (Å²) in [4.78, 5) is 2.49. The number of aliphatic hydroxyl groups excluding tert-OH is 1. The van der Waals surface area contributed by atoms with Crippen LogP contribution in [0, 0.1) is 5.92 Å². The van der Waals surface area contributed by atoms with Crippen molar-refractivity contribution in [2.45, 2.75) is 25.7 Å². The Morgan fingerprint density at radius 3 is 2.65 bits per heavy atom. The van der Waals surface area contributed by atoms with E-state index in [1.807, 2.05) is 17.9 Å². The van der Waals surface area contributed by atoms with E-state index in [0.717, 1.165) is 32.5 Å². The van der Waals surface area contributed by atoms with E-state index >= 15 is 0 Å². The maximum atomic E-state index is 9.74. The largest absolute Gasteiger partial charge is 0.396 e. The van der Waals surface area contributed by atoms with Crippen LogP contribution in [0.5, 0.6) is 0 Å². The zero-order chi connectivity index (χ0) is 16.2. The molecule has 1 saturated heterocycles. The average Bonchev–Trinajstić information content (AvgIpc) is 3.18. The van der Waals surface area contributed by atoms with Gasteiger partial charge in [-0.2, -0.15) is 5.10 Å². The predicted molar refractivity (Wildman–Crippen MR) is 92.5 cm³/mol. The third kappa shape index (κ3) is 3.65. The molecule has 1 N–H and O–H groups in total. The zero-order valence-electron chi connectivity index (χ0n) is 14.2. The molecule has 3 rings (SSSR count). The Labute approximate surface area is 138 Å². The number of nitrogens with zero attached hydrogens (tertiary/aromatic N) is 3. The lowest BCUT2D eigenvalue weighted by Crippen LogP contribution is -2.24. The molecule has 4 nitrogen and oxygen atoms in total. The quantitative estimate of drug-likeness (QED) is 0.889. The second-order valence-electron chi connectivity index (χ2n) is 6.63. The van der Waals surface area contributed by atoms with Gasteiger partial charge in [0.2, 0.25) is 0 Å². The van der Waals surface area contributed by atoms with Crippen LogP contribution in [0.2, 0.25) is 0 Å². The maximum absolute atomic E-state index is 9.74. The van der Waals surface area contributed by atoms with E-state index in [2.05, 4.69) is 47.4 Å². The smallest absolute Gasteiger partial charge is 0.0525 e. The molecule has 2 atom stereocenters. The number of aliphatic hydroxyl groups is 1. The lowest BCUT2D eigenvalue weighted by atomic mass is 9.92. The van der Waals surface area contributed by atoms with Crippen LogP contribution in [-0.2, 0) is 19.9 Å². The molecule has 0 radical (unpaired) electrons. The van der Waals surface area contributed by atoms with Crippen LogP contribution in [0.3, 0.4) is 0 Å². The molecular weight excluding hydrogens is 286 g/mol. The van der Waals surface area contributed by atoms with E-state index in [1.54, 1.807) is 0 Å². The molecule has 1 aliphatic rings. The van der Waals surface area contributed by atoms with Gasteiger partial charge in [0.15, 0.2) is 0 Å². The topological polar surface area (TPSA) is 41.3 Å². The van der Waals surface area contributed by atoms with Crippen molar-refractivity contribution >= 4 is 0 Å². The highest BCUT2D eigenvalue weighted by atomic mass is 16.3. The third-order valence-corrected chi connectivity index (χ3v) is 5.10. The number of benzene rings is 1. The van der Waals surface area contributed by atoms with Crippen LogP contribution in [0.15, 0.2) is 36.7 Å². The Hall–Kier alpha value is -1.65. The highest BCUT2D eigenvalue weighted by molar-refractivity contribution is 5.27. The van der Waals surface area contributed by atoms with E-state index in [9.17, 15) is 5.11 Å². The SMILES string of the molecule is CCc1ccccc1CCN1C[C@@H](CO)[C@H](c2cnn(C)c2)C1. The van der Waals surface area contributed by atoms with Gasteiger partial charge in [0.05, 0.1) is 6.20 Å². The lowest BCUT2D eigenvalue weighted by molar-refractivity contribution is 0.215. The third-order valence-electron chi connectivity index (χ3n) is 5.10. The lowest BCUT2D eigenvalue weighted by Gasteiger charge is -2.16. The summed E-state index contributed by atoms with van der Waals surface area (Å²) in [6, 6.07) is 8.73. The van der Waals surface area contributed by atoms with Crippen molar-refractivity contribution in [3.05, 3.63) is 53.3 Å². The number of aromatic nitrogens is 2. The van der Waals surface area contributed by atoms with Gasteiger partial charge in [-0.3, -0.25) is 4.68 Å². The summed E-state index contributed by atoms with van der Waals surface area (Å²) < 4.78 is 1.85. The van der Waals surface area contributed by atoms with E-state index < -0.39 is 0 Å². The van der Waals surface area contributed by atoms with Crippen LogP contribution < -0.4 is 0 Å². The summed E-state index contributed by atoms with van der Waals surface area (Å²) in [7, 11) is 1.95. The van der Waals surface area contributed by atoms with Crippen molar-refractivity contribution in [3.63, 3.8) is 0 Å². The summed E-state index contributed by atoms with van der Waals surface area (Å²) in [6.07, 6.45) is 6.21. The van der Waals surface area contributed by atoms with Gasteiger partial charge in [0, 0.05) is 51.3 Å². The number of likely N-dealkylation sites (tertiary alicyclic amines) is 1. The fourth-order valence-electron chi connectivity index (χ4n) is 3.76. The van der Waals surface area contributed by atoms with Crippen molar-refractivity contribution in [1.29, 1.82) is 0 Å². The molecule has 1 aliphatic heterocycles. The van der Waals surface area contributed by atoms with Gasteiger partial charge >= 0.3 is 0 Å². The number of rotatable bonds is 6. The predicted octanol–water partition coefficient (Wildman–Crippen LogP) is 2.23. The first-order valence-corrected chi connectivity index (χ1v) is 8.59. The van der Waals surface area contributed by atoms with Crippen molar-refractivity contribution < 1.29 is 5.11 Å². The second kappa shape index (κ2) is 7.28. The van der Waals surface area contributed by atoms with Gasteiger partial charge in [0.25, 0.3) is 0 Å². The summed E-state index contributed by atoms with van der Waals surface area (Å²) in [5, 5.41) is 14.0. The number of hydrogen-bond donors (Lipinski definition) is 1. The minimum Gasteiger partial charge on any atom is -0.396 e. The van der Waals surface area contributed by atoms with Crippen molar-refractivity contribution in [2.75, 3.05) is 26.2 Å². The first-order chi connectivity index (χ1) is 11.2. The van der Waals surface area contributed by atoms with Crippen molar-refractivity contribution in [2.24, 2.45) is 13.0 Å². The molecule has 1 fully saturated rings. The molecule has 0 saturated carbocycles. The Kier molecular flexibility index (Phi) is 5.13. The monoisotopic (exact) mass is 313 g/mol. The Morgan fingerprint density at radius 1 is 1.22 bits per heavy atom. The van der Waals surface area contributed by atoms with Gasteiger partial charge in [-0.15, -0.1) is 0 Å². The molecule has 0 spiro atoms. The van der Waals surface area contributed by atoms with Gasteiger partial charge in [0.1, 0.15) is 0 Å². The highest BCUT2D eigenvalue weighted by Gasteiger charge is 2.33. The highest BCUT2D eigenvalue weighted by Crippen LogP contribution is 2.32. The minimum absolute atomic E-state index is 0.252. The van der Waals surface area contributed by atoms with Crippen molar-refractivity contribution in [1.82, 2.24) is 14.7 Å².